The molecule has 1 rings (SSSR count). The number of thiophene rings is 1. The summed E-state index contributed by atoms with van der Waals surface area (Å²) in [7, 11) is -3.69. The zero-order chi connectivity index (χ0) is 14.6. The van der Waals surface area contributed by atoms with Crippen LogP contribution in [0, 0.1) is 5.92 Å². The van der Waals surface area contributed by atoms with E-state index in [0.717, 1.165) is 11.3 Å². The highest BCUT2D eigenvalue weighted by atomic mass is 32.2. The van der Waals surface area contributed by atoms with E-state index in [4.69, 9.17) is 5.11 Å². The molecule has 8 heteroatoms. The Hall–Kier alpha value is -0.960. The number of carbonyl (C=O) groups is 1. The first kappa shape index (κ1) is 16.1. The van der Waals surface area contributed by atoms with Crippen molar-refractivity contribution in [1.82, 2.24) is 4.72 Å². The van der Waals surface area contributed by atoms with Crippen molar-refractivity contribution < 1.29 is 23.4 Å². The maximum Gasteiger partial charge on any atom is 0.308 e. The summed E-state index contributed by atoms with van der Waals surface area (Å²) in [6.07, 6.45) is -0.956. The highest BCUT2D eigenvalue weighted by Gasteiger charge is 2.19. The number of nitrogens with one attached hydrogen (secondary N) is 1. The fourth-order valence-corrected chi connectivity index (χ4v) is 3.69. The molecule has 0 amide bonds. The van der Waals surface area contributed by atoms with E-state index in [1.807, 2.05) is 0 Å². The average molecular weight is 307 g/mol. The Morgan fingerprint density at radius 3 is 2.58 bits per heavy atom. The van der Waals surface area contributed by atoms with Gasteiger partial charge in [0.05, 0.1) is 12.5 Å². The number of aliphatic hydroxyl groups is 1. The van der Waals surface area contributed by atoms with Gasteiger partial charge >= 0.3 is 5.97 Å². The second-order valence-electron chi connectivity index (χ2n) is 4.45. The van der Waals surface area contributed by atoms with Gasteiger partial charge in [-0.2, -0.15) is 0 Å². The standard InChI is InChI=1S/C11H17NO5S2/c1-7(2)9(13)6-12-19(16,17)11-4-3-8(18-11)5-10(14)15/h3-4,7,9,12-13H,5-6H2,1-2H3,(H,14,15). The summed E-state index contributed by atoms with van der Waals surface area (Å²) < 4.78 is 26.2. The number of carboxylic acid groups (broad SMARTS) is 1. The van der Waals surface area contributed by atoms with Crippen molar-refractivity contribution in [2.24, 2.45) is 5.92 Å². The molecule has 0 aliphatic heterocycles. The normalized spacial score (nSPS) is 13.7. The van der Waals surface area contributed by atoms with Gasteiger partial charge < -0.3 is 10.2 Å². The van der Waals surface area contributed by atoms with Crippen LogP contribution in [0.15, 0.2) is 16.3 Å². The molecule has 108 valence electrons. The Morgan fingerprint density at radius 2 is 2.05 bits per heavy atom. The summed E-state index contributed by atoms with van der Waals surface area (Å²) in [6.45, 7) is 3.51. The molecule has 1 aromatic heterocycles. The highest BCUT2D eigenvalue weighted by Crippen LogP contribution is 2.22. The van der Waals surface area contributed by atoms with E-state index in [2.05, 4.69) is 4.72 Å². The number of aliphatic carboxylic acids is 1. The molecule has 0 fully saturated rings. The van der Waals surface area contributed by atoms with Crippen LogP contribution < -0.4 is 4.72 Å². The molecule has 3 N–H and O–H groups in total. The summed E-state index contributed by atoms with van der Waals surface area (Å²) in [4.78, 5) is 11.0. The second kappa shape index (κ2) is 6.47. The van der Waals surface area contributed by atoms with Crippen molar-refractivity contribution in [2.45, 2.75) is 30.6 Å². The maximum absolute atomic E-state index is 11.9. The monoisotopic (exact) mass is 307 g/mol. The zero-order valence-electron chi connectivity index (χ0n) is 10.7. The van der Waals surface area contributed by atoms with Gasteiger partial charge in [-0.15, -0.1) is 11.3 Å². The lowest BCUT2D eigenvalue weighted by Crippen LogP contribution is -2.34. The van der Waals surface area contributed by atoms with Crippen LogP contribution in [0.5, 0.6) is 0 Å². The Bertz CT molecular complexity index is 535. The second-order valence-corrected chi connectivity index (χ2v) is 7.62. The van der Waals surface area contributed by atoms with Crippen molar-refractivity contribution in [3.8, 4) is 0 Å². The van der Waals surface area contributed by atoms with Gasteiger partial charge in [0.2, 0.25) is 10.0 Å². The van der Waals surface area contributed by atoms with E-state index >= 15 is 0 Å². The SMILES string of the molecule is CC(C)C(O)CNS(=O)(=O)c1ccc(CC(=O)O)s1. The van der Waals surface area contributed by atoms with Gasteiger partial charge in [-0.1, -0.05) is 13.8 Å². The van der Waals surface area contributed by atoms with E-state index < -0.39 is 22.1 Å². The van der Waals surface area contributed by atoms with E-state index in [1.165, 1.54) is 12.1 Å². The van der Waals surface area contributed by atoms with E-state index in [1.54, 1.807) is 13.8 Å². The molecule has 0 saturated heterocycles. The summed E-state index contributed by atoms with van der Waals surface area (Å²) in [6, 6.07) is 2.85. The molecule has 0 saturated carbocycles. The lowest BCUT2D eigenvalue weighted by atomic mass is 10.1. The van der Waals surface area contributed by atoms with Gasteiger partial charge in [-0.05, 0) is 18.1 Å². The fourth-order valence-electron chi connectivity index (χ4n) is 1.25. The topological polar surface area (TPSA) is 104 Å². The number of carboxylic acids is 1. The van der Waals surface area contributed by atoms with Crippen LogP contribution in [0.25, 0.3) is 0 Å². The molecule has 0 radical (unpaired) electrons. The van der Waals surface area contributed by atoms with Crippen LogP contribution in [0.1, 0.15) is 18.7 Å². The maximum atomic E-state index is 11.9. The lowest BCUT2D eigenvalue weighted by molar-refractivity contribution is -0.136. The van der Waals surface area contributed by atoms with Gasteiger partial charge in [0, 0.05) is 11.4 Å². The van der Waals surface area contributed by atoms with Crippen molar-refractivity contribution in [3.05, 3.63) is 17.0 Å². The predicted octanol–water partition coefficient (Wildman–Crippen LogP) is 0.670. The quantitative estimate of drug-likeness (QED) is 0.687. The van der Waals surface area contributed by atoms with E-state index in [9.17, 15) is 18.3 Å². The molecule has 19 heavy (non-hydrogen) atoms. The molecule has 0 aliphatic carbocycles. The lowest BCUT2D eigenvalue weighted by Gasteiger charge is -2.14. The molecule has 1 unspecified atom stereocenters. The highest BCUT2D eigenvalue weighted by molar-refractivity contribution is 7.91. The molecule has 1 aromatic rings. The molecule has 0 spiro atoms. The van der Waals surface area contributed by atoms with Crippen LogP contribution in [0.4, 0.5) is 0 Å². The predicted molar refractivity (Wildman–Crippen MR) is 71.7 cm³/mol. The van der Waals surface area contributed by atoms with Gasteiger partial charge in [0.25, 0.3) is 0 Å². The number of hydrogen-bond acceptors (Lipinski definition) is 5. The minimum atomic E-state index is -3.69. The Labute approximate surface area is 116 Å². The van der Waals surface area contributed by atoms with Gasteiger partial charge in [-0.25, -0.2) is 13.1 Å². The Kier molecular flexibility index (Phi) is 5.48. The van der Waals surface area contributed by atoms with E-state index in [0.29, 0.717) is 4.88 Å². The number of hydrogen-bond donors (Lipinski definition) is 3. The van der Waals surface area contributed by atoms with Crippen molar-refractivity contribution in [1.29, 1.82) is 0 Å². The largest absolute Gasteiger partial charge is 0.481 e. The van der Waals surface area contributed by atoms with Crippen LogP contribution >= 0.6 is 11.3 Å². The van der Waals surface area contributed by atoms with Crippen molar-refractivity contribution in [2.75, 3.05) is 6.54 Å². The van der Waals surface area contributed by atoms with Gasteiger partial charge in [0.1, 0.15) is 4.21 Å². The summed E-state index contributed by atoms with van der Waals surface area (Å²) in [5.41, 5.74) is 0. The molecule has 6 nitrogen and oxygen atoms in total. The first-order valence-corrected chi connectivity index (χ1v) is 8.00. The molecule has 1 heterocycles. The van der Waals surface area contributed by atoms with Crippen LogP contribution in [0.3, 0.4) is 0 Å². The molecule has 0 bridgehead atoms. The number of aliphatic hydroxyl groups excluding tert-OH is 1. The van der Waals surface area contributed by atoms with Gasteiger partial charge in [-0.3, -0.25) is 4.79 Å². The molecule has 1 atom stereocenters. The van der Waals surface area contributed by atoms with Gasteiger partial charge in [0.15, 0.2) is 0 Å². The Balaban J connectivity index is 2.72. The summed E-state index contributed by atoms with van der Waals surface area (Å²) in [5, 5.41) is 18.2. The molecule has 0 aliphatic rings. The zero-order valence-corrected chi connectivity index (χ0v) is 12.3. The third-order valence-electron chi connectivity index (χ3n) is 2.48. The first-order valence-electron chi connectivity index (χ1n) is 5.70. The molecule has 0 aromatic carbocycles. The minimum Gasteiger partial charge on any atom is -0.481 e. The Morgan fingerprint density at radius 1 is 1.42 bits per heavy atom. The average Bonchev–Trinajstić information content (AvgIpc) is 2.74. The smallest absolute Gasteiger partial charge is 0.308 e. The molecular formula is C11H17NO5S2. The fraction of sp³-hybridized carbons (Fsp3) is 0.545. The van der Waals surface area contributed by atoms with Crippen LogP contribution in [-0.2, 0) is 21.2 Å². The number of rotatable bonds is 7. The van der Waals surface area contributed by atoms with Crippen molar-refractivity contribution in [3.63, 3.8) is 0 Å². The number of sulfonamides is 1. The van der Waals surface area contributed by atoms with Crippen molar-refractivity contribution >= 4 is 27.3 Å². The van der Waals surface area contributed by atoms with Crippen LogP contribution in [-0.4, -0.2) is 37.2 Å². The first-order chi connectivity index (χ1) is 8.72. The summed E-state index contributed by atoms with van der Waals surface area (Å²) in [5.74, 6) is -1.05. The van der Waals surface area contributed by atoms with E-state index in [-0.39, 0.29) is 23.1 Å². The van der Waals surface area contributed by atoms with Crippen LogP contribution in [0.2, 0.25) is 0 Å². The third kappa shape index (κ3) is 4.90. The minimum absolute atomic E-state index is 0.0476. The molecular weight excluding hydrogens is 290 g/mol. The summed E-state index contributed by atoms with van der Waals surface area (Å²) >= 11 is 0.915. The third-order valence-corrected chi connectivity index (χ3v) is 5.48.